The number of rotatable bonds is 8. The number of aliphatic carboxylic acids is 1. The summed E-state index contributed by atoms with van der Waals surface area (Å²) in [7, 11) is 0. The molecule has 0 fully saturated rings. The first kappa shape index (κ1) is 15.5. The maximum atomic E-state index is 10.9. The molecule has 0 heterocycles. The summed E-state index contributed by atoms with van der Waals surface area (Å²) < 4.78 is 5.41. The summed E-state index contributed by atoms with van der Waals surface area (Å²) in [6.07, 6.45) is 0.939. The van der Waals surface area contributed by atoms with Gasteiger partial charge in [-0.15, -0.1) is 0 Å². The molecule has 1 N–H and O–H groups in total. The number of nitrogens with zero attached hydrogens (tertiary/aromatic N) is 1. The predicted octanol–water partition coefficient (Wildman–Crippen LogP) is 2.94. The lowest BCUT2D eigenvalue weighted by atomic mass is 10.1. The maximum absolute atomic E-state index is 10.9. The second-order valence-electron chi connectivity index (χ2n) is 4.54. The van der Waals surface area contributed by atoms with Crippen LogP contribution in [0.5, 0.6) is 5.75 Å². The lowest BCUT2D eigenvalue weighted by Gasteiger charge is -2.27. The van der Waals surface area contributed by atoms with Crippen molar-refractivity contribution < 1.29 is 14.6 Å². The third-order valence-corrected chi connectivity index (χ3v) is 3.07. The van der Waals surface area contributed by atoms with Crippen LogP contribution in [0.25, 0.3) is 0 Å². The Balaban J connectivity index is 2.77. The summed E-state index contributed by atoms with van der Waals surface area (Å²) in [6.45, 7) is 7.54. The Morgan fingerprint density at radius 3 is 2.42 bits per heavy atom. The van der Waals surface area contributed by atoms with E-state index in [4.69, 9.17) is 9.84 Å². The van der Waals surface area contributed by atoms with Crippen molar-refractivity contribution in [3.63, 3.8) is 0 Å². The zero-order valence-electron chi connectivity index (χ0n) is 11.9. The van der Waals surface area contributed by atoms with Crippen molar-refractivity contribution in [2.24, 2.45) is 0 Å². The standard InChI is InChI=1S/C15H23NO3/c1-4-10-16(11-15(17)18)12(3)13-6-8-14(9-7-13)19-5-2/h6-9,12H,4-5,10-11H2,1-3H3,(H,17,18). The molecule has 19 heavy (non-hydrogen) atoms. The minimum Gasteiger partial charge on any atom is -0.494 e. The van der Waals surface area contributed by atoms with Gasteiger partial charge in [-0.1, -0.05) is 19.1 Å². The monoisotopic (exact) mass is 265 g/mol. The van der Waals surface area contributed by atoms with Gasteiger partial charge in [0, 0.05) is 6.04 Å². The first-order valence-electron chi connectivity index (χ1n) is 6.77. The summed E-state index contributed by atoms with van der Waals surface area (Å²) >= 11 is 0. The summed E-state index contributed by atoms with van der Waals surface area (Å²) in [5, 5.41) is 8.96. The number of carbonyl (C=O) groups is 1. The maximum Gasteiger partial charge on any atom is 0.317 e. The fraction of sp³-hybridized carbons (Fsp3) is 0.533. The third kappa shape index (κ3) is 4.91. The molecule has 0 aliphatic heterocycles. The molecule has 1 aromatic carbocycles. The van der Waals surface area contributed by atoms with E-state index in [-0.39, 0.29) is 12.6 Å². The van der Waals surface area contributed by atoms with Crippen molar-refractivity contribution in [1.29, 1.82) is 0 Å². The van der Waals surface area contributed by atoms with Gasteiger partial charge in [0.2, 0.25) is 0 Å². The van der Waals surface area contributed by atoms with Gasteiger partial charge in [-0.25, -0.2) is 0 Å². The molecule has 106 valence electrons. The van der Waals surface area contributed by atoms with Crippen molar-refractivity contribution in [3.8, 4) is 5.75 Å². The second-order valence-corrected chi connectivity index (χ2v) is 4.54. The van der Waals surface area contributed by atoms with Crippen LogP contribution in [0.15, 0.2) is 24.3 Å². The molecular weight excluding hydrogens is 242 g/mol. The SMILES string of the molecule is CCCN(CC(=O)O)C(C)c1ccc(OCC)cc1. The molecular formula is C15H23NO3. The number of hydrogen-bond acceptors (Lipinski definition) is 3. The van der Waals surface area contributed by atoms with Gasteiger partial charge in [0.15, 0.2) is 0 Å². The molecule has 1 atom stereocenters. The highest BCUT2D eigenvalue weighted by atomic mass is 16.5. The number of ether oxygens (including phenoxy) is 1. The topological polar surface area (TPSA) is 49.8 Å². The Kier molecular flexibility index (Phi) is 6.36. The van der Waals surface area contributed by atoms with Crippen molar-refractivity contribution in [2.45, 2.75) is 33.2 Å². The molecule has 0 aliphatic rings. The predicted molar refractivity (Wildman–Crippen MR) is 75.5 cm³/mol. The van der Waals surface area contributed by atoms with Crippen LogP contribution in [0.1, 0.15) is 38.8 Å². The van der Waals surface area contributed by atoms with Crippen LogP contribution in [0.2, 0.25) is 0 Å². The fourth-order valence-corrected chi connectivity index (χ4v) is 2.09. The quantitative estimate of drug-likeness (QED) is 0.785. The van der Waals surface area contributed by atoms with E-state index >= 15 is 0 Å². The van der Waals surface area contributed by atoms with Gasteiger partial charge >= 0.3 is 5.97 Å². The summed E-state index contributed by atoms with van der Waals surface area (Å²) in [5.41, 5.74) is 1.11. The Labute approximate surface area is 115 Å². The molecule has 1 unspecified atom stereocenters. The highest BCUT2D eigenvalue weighted by molar-refractivity contribution is 5.69. The highest BCUT2D eigenvalue weighted by Crippen LogP contribution is 2.22. The van der Waals surface area contributed by atoms with Crippen LogP contribution in [-0.4, -0.2) is 35.7 Å². The zero-order chi connectivity index (χ0) is 14.3. The van der Waals surface area contributed by atoms with Crippen LogP contribution in [0, 0.1) is 0 Å². The zero-order valence-corrected chi connectivity index (χ0v) is 11.9. The molecule has 0 spiro atoms. The van der Waals surface area contributed by atoms with Crippen LogP contribution in [0.3, 0.4) is 0 Å². The van der Waals surface area contributed by atoms with Gasteiger partial charge in [0.05, 0.1) is 13.2 Å². The van der Waals surface area contributed by atoms with Crippen LogP contribution in [0.4, 0.5) is 0 Å². The van der Waals surface area contributed by atoms with Crippen molar-refractivity contribution in [2.75, 3.05) is 19.7 Å². The summed E-state index contributed by atoms with van der Waals surface area (Å²) in [5.74, 6) is 0.0602. The Morgan fingerprint density at radius 1 is 1.32 bits per heavy atom. The van der Waals surface area contributed by atoms with Gasteiger partial charge in [-0.2, -0.15) is 0 Å². The van der Waals surface area contributed by atoms with E-state index in [0.717, 1.165) is 24.3 Å². The van der Waals surface area contributed by atoms with Crippen LogP contribution >= 0.6 is 0 Å². The van der Waals surface area contributed by atoms with E-state index in [1.54, 1.807) is 0 Å². The molecule has 0 aromatic heterocycles. The van der Waals surface area contributed by atoms with E-state index in [2.05, 4.69) is 6.92 Å². The Bertz CT molecular complexity index is 389. The van der Waals surface area contributed by atoms with E-state index in [1.807, 2.05) is 43.0 Å². The molecule has 1 rings (SSSR count). The Morgan fingerprint density at radius 2 is 1.95 bits per heavy atom. The lowest BCUT2D eigenvalue weighted by molar-refractivity contribution is -0.138. The average molecular weight is 265 g/mol. The average Bonchev–Trinajstić information content (AvgIpc) is 2.38. The van der Waals surface area contributed by atoms with Crippen molar-refractivity contribution in [3.05, 3.63) is 29.8 Å². The van der Waals surface area contributed by atoms with E-state index < -0.39 is 5.97 Å². The first-order valence-corrected chi connectivity index (χ1v) is 6.77. The largest absolute Gasteiger partial charge is 0.494 e. The normalized spacial score (nSPS) is 12.4. The molecule has 0 saturated carbocycles. The summed E-state index contributed by atoms with van der Waals surface area (Å²) in [6, 6.07) is 7.95. The Hall–Kier alpha value is -1.55. The third-order valence-electron chi connectivity index (χ3n) is 3.07. The first-order chi connectivity index (χ1) is 9.08. The minimum atomic E-state index is -0.786. The van der Waals surface area contributed by atoms with Crippen LogP contribution in [-0.2, 0) is 4.79 Å². The van der Waals surface area contributed by atoms with E-state index in [0.29, 0.717) is 6.61 Å². The van der Waals surface area contributed by atoms with Gasteiger partial charge in [-0.3, -0.25) is 9.69 Å². The molecule has 0 saturated heterocycles. The molecule has 1 aromatic rings. The molecule has 0 aliphatic carbocycles. The van der Waals surface area contributed by atoms with E-state index in [1.165, 1.54) is 0 Å². The van der Waals surface area contributed by atoms with Gasteiger partial charge in [-0.05, 0) is 44.5 Å². The number of hydrogen-bond donors (Lipinski definition) is 1. The molecule has 0 radical (unpaired) electrons. The molecule has 4 heteroatoms. The lowest BCUT2D eigenvalue weighted by Crippen LogP contribution is -2.33. The molecule has 0 bridgehead atoms. The van der Waals surface area contributed by atoms with Gasteiger partial charge in [0.1, 0.15) is 5.75 Å². The number of carboxylic acids is 1. The van der Waals surface area contributed by atoms with Crippen molar-refractivity contribution >= 4 is 5.97 Å². The van der Waals surface area contributed by atoms with E-state index in [9.17, 15) is 4.79 Å². The number of benzene rings is 1. The molecule has 4 nitrogen and oxygen atoms in total. The van der Waals surface area contributed by atoms with Crippen molar-refractivity contribution in [1.82, 2.24) is 4.90 Å². The second kappa shape index (κ2) is 7.79. The van der Waals surface area contributed by atoms with Gasteiger partial charge in [0.25, 0.3) is 0 Å². The number of carboxylic acid groups (broad SMARTS) is 1. The minimum absolute atomic E-state index is 0.0716. The highest BCUT2D eigenvalue weighted by Gasteiger charge is 2.17. The van der Waals surface area contributed by atoms with Crippen LogP contribution < -0.4 is 4.74 Å². The molecule has 0 amide bonds. The fourth-order valence-electron chi connectivity index (χ4n) is 2.09. The summed E-state index contributed by atoms with van der Waals surface area (Å²) in [4.78, 5) is 12.9. The van der Waals surface area contributed by atoms with Gasteiger partial charge < -0.3 is 9.84 Å². The smallest absolute Gasteiger partial charge is 0.317 e.